The lowest BCUT2D eigenvalue weighted by Gasteiger charge is -2.22. The van der Waals surface area contributed by atoms with Gasteiger partial charge in [0.25, 0.3) is 0 Å². The van der Waals surface area contributed by atoms with Gasteiger partial charge in [-0.1, -0.05) is 78.9 Å². The molecule has 4 aromatic rings. The van der Waals surface area contributed by atoms with Crippen LogP contribution in [0.25, 0.3) is 0 Å². The molecule has 0 heterocycles. The molecule has 0 aliphatic heterocycles. The molecule has 0 saturated carbocycles. The summed E-state index contributed by atoms with van der Waals surface area (Å²) in [5, 5.41) is 21.6. The quantitative estimate of drug-likeness (QED) is 0.358. The highest BCUT2D eigenvalue weighted by Crippen LogP contribution is 2.42. The summed E-state index contributed by atoms with van der Waals surface area (Å²) in [4.78, 5) is 0. The number of phenols is 2. The van der Waals surface area contributed by atoms with Crippen molar-refractivity contribution in [2.75, 3.05) is 0 Å². The average Bonchev–Trinajstić information content (AvgIpc) is 2.79. The van der Waals surface area contributed by atoms with Crippen LogP contribution in [0, 0.1) is 13.8 Å². The minimum atomic E-state index is -0.303. The first kappa shape index (κ1) is 20.5. The molecule has 0 bridgehead atoms. The number of rotatable bonds is 6. The molecule has 4 rings (SSSR count). The van der Waals surface area contributed by atoms with Gasteiger partial charge in [0.15, 0.2) is 0 Å². The summed E-state index contributed by atoms with van der Waals surface area (Å²) in [5.74, 6) is 0.965. The SMILES string of the molecule is Cc1cccc(C(c2ccc(OCc3ccccc3)cc2)c2cccc(C)c2O)c1O. The molecular formula is C28H26O3. The zero-order valence-corrected chi connectivity index (χ0v) is 17.7. The molecule has 0 amide bonds. The van der Waals surface area contributed by atoms with Crippen molar-refractivity contribution in [3.8, 4) is 17.2 Å². The fourth-order valence-electron chi connectivity index (χ4n) is 3.85. The van der Waals surface area contributed by atoms with Crippen molar-refractivity contribution in [1.82, 2.24) is 0 Å². The van der Waals surface area contributed by atoms with Crippen molar-refractivity contribution in [3.63, 3.8) is 0 Å². The molecule has 0 spiro atoms. The number of benzene rings is 4. The molecule has 0 aliphatic rings. The van der Waals surface area contributed by atoms with Gasteiger partial charge in [-0.2, -0.15) is 0 Å². The minimum Gasteiger partial charge on any atom is -0.507 e. The van der Waals surface area contributed by atoms with Crippen molar-refractivity contribution in [2.45, 2.75) is 26.4 Å². The van der Waals surface area contributed by atoms with Crippen molar-refractivity contribution in [2.24, 2.45) is 0 Å². The standard InChI is InChI=1S/C28H26O3/c1-19-8-6-12-24(27(19)29)26(25-13-7-9-20(2)28(25)30)22-14-16-23(17-15-22)31-18-21-10-4-3-5-11-21/h3-17,26,29-30H,18H2,1-2H3. The Hall–Kier alpha value is -3.72. The van der Waals surface area contributed by atoms with Crippen LogP contribution in [0.15, 0.2) is 91.0 Å². The van der Waals surface area contributed by atoms with E-state index >= 15 is 0 Å². The van der Waals surface area contributed by atoms with Gasteiger partial charge >= 0.3 is 0 Å². The van der Waals surface area contributed by atoms with Crippen molar-refractivity contribution in [3.05, 3.63) is 124 Å². The van der Waals surface area contributed by atoms with Gasteiger partial charge in [-0.25, -0.2) is 0 Å². The number of phenolic OH excluding ortho intramolecular Hbond substituents is 2. The van der Waals surface area contributed by atoms with Gasteiger partial charge in [-0.15, -0.1) is 0 Å². The summed E-state index contributed by atoms with van der Waals surface area (Å²) < 4.78 is 5.93. The lowest BCUT2D eigenvalue weighted by molar-refractivity contribution is 0.306. The maximum Gasteiger partial charge on any atom is 0.122 e. The first-order chi connectivity index (χ1) is 15.0. The van der Waals surface area contributed by atoms with E-state index in [0.29, 0.717) is 6.61 Å². The Balaban J connectivity index is 1.70. The molecule has 0 aromatic heterocycles. The van der Waals surface area contributed by atoms with Gasteiger partial charge in [0.2, 0.25) is 0 Å². The third-order valence-electron chi connectivity index (χ3n) is 5.62. The molecular weight excluding hydrogens is 384 g/mol. The number of aryl methyl sites for hydroxylation is 2. The van der Waals surface area contributed by atoms with Crippen molar-refractivity contribution < 1.29 is 14.9 Å². The average molecular weight is 411 g/mol. The topological polar surface area (TPSA) is 49.7 Å². The fraction of sp³-hybridized carbons (Fsp3) is 0.143. The molecule has 156 valence electrons. The first-order valence-electron chi connectivity index (χ1n) is 10.4. The molecule has 0 saturated heterocycles. The zero-order valence-electron chi connectivity index (χ0n) is 17.7. The Kier molecular flexibility index (Phi) is 5.94. The van der Waals surface area contributed by atoms with Gasteiger partial charge in [0.1, 0.15) is 23.9 Å². The van der Waals surface area contributed by atoms with E-state index in [1.54, 1.807) is 0 Å². The number of hydrogen-bond donors (Lipinski definition) is 2. The lowest BCUT2D eigenvalue weighted by atomic mass is 9.83. The Morgan fingerprint density at radius 1 is 0.645 bits per heavy atom. The molecule has 31 heavy (non-hydrogen) atoms. The van der Waals surface area contributed by atoms with E-state index < -0.39 is 0 Å². The third-order valence-corrected chi connectivity index (χ3v) is 5.62. The third kappa shape index (κ3) is 4.41. The predicted octanol–water partition coefficient (Wildman–Crippen LogP) is 6.47. The van der Waals surface area contributed by atoms with Gasteiger partial charge in [-0.05, 0) is 48.2 Å². The van der Waals surface area contributed by atoms with E-state index in [1.165, 1.54) is 0 Å². The fourth-order valence-corrected chi connectivity index (χ4v) is 3.85. The minimum absolute atomic E-state index is 0.248. The Morgan fingerprint density at radius 3 is 1.74 bits per heavy atom. The molecule has 0 unspecified atom stereocenters. The van der Waals surface area contributed by atoms with Crippen LogP contribution in [0.5, 0.6) is 17.2 Å². The smallest absolute Gasteiger partial charge is 0.122 e. The van der Waals surface area contributed by atoms with Crippen LogP contribution in [-0.4, -0.2) is 10.2 Å². The highest BCUT2D eigenvalue weighted by Gasteiger charge is 2.24. The second kappa shape index (κ2) is 8.97. The van der Waals surface area contributed by atoms with Crippen LogP contribution in [0.3, 0.4) is 0 Å². The van der Waals surface area contributed by atoms with E-state index in [4.69, 9.17) is 4.74 Å². The lowest BCUT2D eigenvalue weighted by Crippen LogP contribution is -2.05. The van der Waals surface area contributed by atoms with E-state index in [9.17, 15) is 10.2 Å². The van der Waals surface area contributed by atoms with Crippen LogP contribution in [0.4, 0.5) is 0 Å². The van der Waals surface area contributed by atoms with E-state index in [2.05, 4.69) is 0 Å². The maximum absolute atomic E-state index is 10.8. The number of aromatic hydroxyl groups is 2. The first-order valence-corrected chi connectivity index (χ1v) is 10.4. The molecule has 3 heteroatoms. The molecule has 4 aromatic carbocycles. The van der Waals surface area contributed by atoms with Crippen LogP contribution >= 0.6 is 0 Å². The molecule has 0 aliphatic carbocycles. The second-order valence-corrected chi connectivity index (χ2v) is 7.80. The molecule has 0 radical (unpaired) electrons. The van der Waals surface area contributed by atoms with E-state index in [-0.39, 0.29) is 17.4 Å². The van der Waals surface area contributed by atoms with Crippen molar-refractivity contribution in [1.29, 1.82) is 0 Å². The molecule has 0 fully saturated rings. The van der Waals surface area contributed by atoms with Gasteiger partial charge < -0.3 is 14.9 Å². The summed E-state index contributed by atoms with van der Waals surface area (Å²) in [6.45, 7) is 4.26. The summed E-state index contributed by atoms with van der Waals surface area (Å²) in [6, 6.07) is 29.4. The predicted molar refractivity (Wildman–Crippen MR) is 124 cm³/mol. The molecule has 2 N–H and O–H groups in total. The van der Waals surface area contributed by atoms with Crippen LogP contribution in [0.2, 0.25) is 0 Å². The Bertz CT molecular complexity index is 1110. The van der Waals surface area contributed by atoms with Gasteiger partial charge in [-0.3, -0.25) is 0 Å². The Morgan fingerprint density at radius 2 is 1.19 bits per heavy atom. The van der Waals surface area contributed by atoms with Crippen LogP contribution in [0.1, 0.15) is 39.3 Å². The number of para-hydroxylation sites is 2. The van der Waals surface area contributed by atoms with Crippen LogP contribution in [-0.2, 0) is 6.61 Å². The van der Waals surface area contributed by atoms with E-state index in [1.807, 2.05) is 105 Å². The number of hydrogen-bond acceptors (Lipinski definition) is 3. The maximum atomic E-state index is 10.8. The van der Waals surface area contributed by atoms with Crippen molar-refractivity contribution >= 4 is 0 Å². The van der Waals surface area contributed by atoms with E-state index in [0.717, 1.165) is 39.1 Å². The molecule has 0 atom stereocenters. The zero-order chi connectivity index (χ0) is 21.8. The van der Waals surface area contributed by atoms with Crippen LogP contribution < -0.4 is 4.74 Å². The monoisotopic (exact) mass is 410 g/mol. The highest BCUT2D eigenvalue weighted by molar-refractivity contribution is 5.56. The number of ether oxygens (including phenoxy) is 1. The Labute approximate surface area is 183 Å². The largest absolute Gasteiger partial charge is 0.507 e. The van der Waals surface area contributed by atoms with Gasteiger partial charge in [0.05, 0.1) is 0 Å². The highest BCUT2D eigenvalue weighted by atomic mass is 16.5. The normalized spacial score (nSPS) is 10.9. The summed E-state index contributed by atoms with van der Waals surface area (Å²) in [6.07, 6.45) is 0. The summed E-state index contributed by atoms with van der Waals surface area (Å²) >= 11 is 0. The summed E-state index contributed by atoms with van der Waals surface area (Å²) in [5.41, 5.74) is 5.21. The van der Waals surface area contributed by atoms with Gasteiger partial charge in [0, 0.05) is 17.0 Å². The second-order valence-electron chi connectivity index (χ2n) is 7.80. The summed E-state index contributed by atoms with van der Waals surface area (Å²) in [7, 11) is 0. The molecule has 3 nitrogen and oxygen atoms in total.